The molecule has 4 aromatic rings. The van der Waals surface area contributed by atoms with E-state index in [1.165, 1.54) is 31.4 Å². The minimum Gasteiger partial charge on any atom is -0.486 e. The fraction of sp³-hybridized carbons (Fsp3) is 0.281. The number of nitrogens with one attached hydrogen (secondary N) is 1. The van der Waals surface area contributed by atoms with Crippen LogP contribution in [-0.2, 0) is 27.7 Å². The summed E-state index contributed by atoms with van der Waals surface area (Å²) in [6, 6.07) is 17.9. The van der Waals surface area contributed by atoms with Crippen molar-refractivity contribution in [3.8, 4) is 11.5 Å². The Labute approximate surface area is 265 Å². The Morgan fingerprint density at radius 3 is 2.57 bits per heavy atom. The lowest BCUT2D eigenvalue weighted by molar-refractivity contribution is -0.119. The number of nitrogens with two attached hydrogens (primary N) is 1. The fourth-order valence-electron chi connectivity index (χ4n) is 4.68. The van der Waals surface area contributed by atoms with Gasteiger partial charge in [0, 0.05) is 21.9 Å². The lowest BCUT2D eigenvalue weighted by Gasteiger charge is -2.22. The standard InChI is InChI=1S/C32H32ClN3O6S2/c33-24-10-12-26(13-11-24)44(39,40)15-3-4-21-9-14-29(42-18-30(34)37)27(16-21)36-32(38)23-7-2-8-25(17-23)41-19-31-35-28(20-43-31)22-5-1-6-22/h2,7-14,16-17,20,22H,1,3-6,15,18-19H2,(H2,34,37)(H,36,38). The highest BCUT2D eigenvalue weighted by molar-refractivity contribution is 7.91. The van der Waals surface area contributed by atoms with Crippen molar-refractivity contribution >= 4 is 50.3 Å². The van der Waals surface area contributed by atoms with Crippen LogP contribution in [0.4, 0.5) is 5.69 Å². The van der Waals surface area contributed by atoms with Crippen molar-refractivity contribution in [2.24, 2.45) is 5.73 Å². The van der Waals surface area contributed by atoms with Gasteiger partial charge in [-0.05, 0) is 85.8 Å². The third-order valence-corrected chi connectivity index (χ3v) is 10.2. The van der Waals surface area contributed by atoms with E-state index in [1.807, 2.05) is 0 Å². The molecule has 0 radical (unpaired) electrons. The van der Waals surface area contributed by atoms with Crippen molar-refractivity contribution in [1.29, 1.82) is 0 Å². The number of nitrogens with zero attached hydrogens (tertiary/aromatic N) is 1. The minimum absolute atomic E-state index is 0.0636. The molecule has 5 rings (SSSR count). The maximum Gasteiger partial charge on any atom is 0.255 e. The van der Waals surface area contributed by atoms with Crippen molar-refractivity contribution in [3.05, 3.63) is 99.0 Å². The van der Waals surface area contributed by atoms with Crippen LogP contribution in [0, 0.1) is 0 Å². The average Bonchev–Trinajstić information content (AvgIpc) is 3.43. The number of aromatic nitrogens is 1. The van der Waals surface area contributed by atoms with Gasteiger partial charge in [0.1, 0.15) is 23.1 Å². The summed E-state index contributed by atoms with van der Waals surface area (Å²) < 4.78 is 36.9. The van der Waals surface area contributed by atoms with E-state index in [0.29, 0.717) is 47.4 Å². The first-order chi connectivity index (χ1) is 21.2. The van der Waals surface area contributed by atoms with E-state index < -0.39 is 21.7 Å². The number of anilines is 1. The number of primary amides is 1. The van der Waals surface area contributed by atoms with Crippen LogP contribution >= 0.6 is 22.9 Å². The highest BCUT2D eigenvalue weighted by Gasteiger charge is 2.22. The van der Waals surface area contributed by atoms with Gasteiger partial charge in [0.05, 0.1) is 22.0 Å². The Balaban J connectivity index is 1.24. The molecule has 0 spiro atoms. The molecule has 44 heavy (non-hydrogen) atoms. The van der Waals surface area contributed by atoms with Crippen molar-refractivity contribution < 1.29 is 27.5 Å². The second-order valence-electron chi connectivity index (χ2n) is 10.5. The first-order valence-corrected chi connectivity index (χ1v) is 17.1. The quantitative estimate of drug-likeness (QED) is 0.166. The number of aryl methyl sites for hydroxylation is 1. The van der Waals surface area contributed by atoms with Gasteiger partial charge in [0.15, 0.2) is 16.4 Å². The number of ether oxygens (including phenoxy) is 2. The molecule has 2 amide bonds. The second-order valence-corrected chi connectivity index (χ2v) is 14.0. The maximum absolute atomic E-state index is 13.3. The third kappa shape index (κ3) is 8.37. The van der Waals surface area contributed by atoms with Crippen molar-refractivity contribution in [2.45, 2.75) is 49.5 Å². The van der Waals surface area contributed by atoms with Crippen LogP contribution in [0.3, 0.4) is 0 Å². The summed E-state index contributed by atoms with van der Waals surface area (Å²) in [6.45, 7) is -0.0621. The molecule has 0 bridgehead atoms. The molecule has 12 heteroatoms. The number of hydrogen-bond acceptors (Lipinski definition) is 8. The third-order valence-electron chi connectivity index (χ3n) is 7.26. The van der Waals surface area contributed by atoms with E-state index >= 15 is 0 Å². The Bertz CT molecular complexity index is 1740. The van der Waals surface area contributed by atoms with Gasteiger partial charge in [-0.15, -0.1) is 11.3 Å². The van der Waals surface area contributed by atoms with Gasteiger partial charge in [-0.25, -0.2) is 13.4 Å². The average molecular weight is 654 g/mol. The molecule has 3 N–H and O–H groups in total. The van der Waals surface area contributed by atoms with Crippen LogP contribution in [0.25, 0.3) is 0 Å². The van der Waals surface area contributed by atoms with Gasteiger partial charge in [-0.3, -0.25) is 9.59 Å². The zero-order chi connectivity index (χ0) is 31.1. The van der Waals surface area contributed by atoms with E-state index in [0.717, 1.165) is 16.3 Å². The van der Waals surface area contributed by atoms with E-state index in [2.05, 4.69) is 10.7 Å². The minimum atomic E-state index is -3.49. The highest BCUT2D eigenvalue weighted by Crippen LogP contribution is 2.36. The molecule has 0 saturated heterocycles. The number of amides is 2. The molecule has 0 aliphatic heterocycles. The summed E-state index contributed by atoms with van der Waals surface area (Å²) in [4.78, 5) is 29.5. The summed E-state index contributed by atoms with van der Waals surface area (Å²) in [5, 5.41) is 6.29. The molecule has 0 atom stereocenters. The lowest BCUT2D eigenvalue weighted by atomic mass is 9.83. The second kappa shape index (κ2) is 14.2. The van der Waals surface area contributed by atoms with Gasteiger partial charge in [0.2, 0.25) is 0 Å². The number of halogens is 1. The number of carbonyl (C=O) groups excluding carboxylic acids is 2. The van der Waals surface area contributed by atoms with E-state index in [-0.39, 0.29) is 23.0 Å². The van der Waals surface area contributed by atoms with E-state index in [4.69, 9.17) is 31.8 Å². The Morgan fingerprint density at radius 1 is 1.05 bits per heavy atom. The normalized spacial score (nSPS) is 13.2. The van der Waals surface area contributed by atoms with Crippen LogP contribution in [0.5, 0.6) is 11.5 Å². The van der Waals surface area contributed by atoms with Gasteiger partial charge in [-0.2, -0.15) is 0 Å². The van der Waals surface area contributed by atoms with Crippen molar-refractivity contribution in [2.75, 3.05) is 17.7 Å². The highest BCUT2D eigenvalue weighted by atomic mass is 35.5. The van der Waals surface area contributed by atoms with Crippen LogP contribution in [0.1, 0.15) is 58.2 Å². The molecule has 0 unspecified atom stereocenters. The number of thiazole rings is 1. The van der Waals surface area contributed by atoms with Crippen LogP contribution in [0.15, 0.2) is 77.0 Å². The summed E-state index contributed by atoms with van der Waals surface area (Å²) in [7, 11) is -3.49. The molecule has 1 heterocycles. The maximum atomic E-state index is 13.3. The smallest absolute Gasteiger partial charge is 0.255 e. The zero-order valence-corrected chi connectivity index (χ0v) is 26.2. The Kier molecular flexibility index (Phi) is 10.2. The summed E-state index contributed by atoms with van der Waals surface area (Å²) >= 11 is 7.45. The van der Waals surface area contributed by atoms with Crippen LogP contribution in [-0.4, -0.2) is 37.6 Å². The molecular weight excluding hydrogens is 622 g/mol. The number of carbonyl (C=O) groups is 2. The molecule has 3 aromatic carbocycles. The van der Waals surface area contributed by atoms with E-state index in [1.54, 1.807) is 65.9 Å². The number of hydrogen-bond donors (Lipinski definition) is 2. The van der Waals surface area contributed by atoms with Crippen molar-refractivity contribution in [3.63, 3.8) is 0 Å². The summed E-state index contributed by atoms with van der Waals surface area (Å²) in [6.07, 6.45) is 4.40. The van der Waals surface area contributed by atoms with Gasteiger partial charge >= 0.3 is 0 Å². The number of sulfone groups is 1. The molecule has 9 nitrogen and oxygen atoms in total. The number of benzene rings is 3. The van der Waals surface area contributed by atoms with E-state index in [9.17, 15) is 18.0 Å². The first kappa shape index (κ1) is 31.5. The molecular formula is C32H32ClN3O6S2. The molecule has 1 aromatic heterocycles. The number of rotatable bonds is 14. The lowest BCUT2D eigenvalue weighted by Crippen LogP contribution is -2.21. The fourth-order valence-corrected chi connectivity index (χ4v) is 6.90. The predicted molar refractivity (Wildman–Crippen MR) is 170 cm³/mol. The summed E-state index contributed by atoms with van der Waals surface area (Å²) in [5.74, 6) is 0.204. The van der Waals surface area contributed by atoms with Crippen LogP contribution < -0.4 is 20.5 Å². The van der Waals surface area contributed by atoms with Gasteiger partial charge in [-0.1, -0.05) is 30.2 Å². The zero-order valence-electron chi connectivity index (χ0n) is 23.8. The predicted octanol–water partition coefficient (Wildman–Crippen LogP) is 6.17. The van der Waals surface area contributed by atoms with Crippen molar-refractivity contribution in [1.82, 2.24) is 4.98 Å². The topological polar surface area (TPSA) is 138 Å². The van der Waals surface area contributed by atoms with Gasteiger partial charge in [0.25, 0.3) is 11.8 Å². The largest absolute Gasteiger partial charge is 0.486 e. The first-order valence-electron chi connectivity index (χ1n) is 14.2. The molecule has 1 fully saturated rings. The summed E-state index contributed by atoms with van der Waals surface area (Å²) in [5.41, 5.74) is 7.85. The Morgan fingerprint density at radius 2 is 1.84 bits per heavy atom. The Hall–Kier alpha value is -3.93. The van der Waals surface area contributed by atoms with Crippen LogP contribution in [0.2, 0.25) is 5.02 Å². The monoisotopic (exact) mass is 653 g/mol. The SMILES string of the molecule is NC(=O)COc1ccc(CCCS(=O)(=O)c2ccc(Cl)cc2)cc1NC(=O)c1cccc(OCc2nc(C3CCC3)cs2)c1. The van der Waals surface area contributed by atoms with Gasteiger partial charge < -0.3 is 20.5 Å². The molecule has 230 valence electrons. The molecule has 1 aliphatic rings. The molecule has 1 aliphatic carbocycles. The molecule has 1 saturated carbocycles.